The van der Waals surface area contributed by atoms with Gasteiger partial charge in [0.25, 0.3) is 5.91 Å². The molecule has 7 heteroatoms. The first-order valence-electron chi connectivity index (χ1n) is 12.0. The van der Waals surface area contributed by atoms with E-state index in [-0.39, 0.29) is 22.2 Å². The zero-order valence-corrected chi connectivity index (χ0v) is 21.1. The minimum Gasteiger partial charge on any atom is -0.477 e. The molecule has 182 valence electrons. The lowest BCUT2D eigenvalue weighted by Gasteiger charge is -2.44. The Morgan fingerprint density at radius 3 is 2.64 bits per heavy atom. The summed E-state index contributed by atoms with van der Waals surface area (Å²) in [5.41, 5.74) is 0.289. The second kappa shape index (κ2) is 11.5. The maximum absolute atomic E-state index is 13.7. The Morgan fingerprint density at radius 1 is 1.27 bits per heavy atom. The van der Waals surface area contributed by atoms with Gasteiger partial charge in [-0.05, 0) is 64.9 Å². The lowest BCUT2D eigenvalue weighted by molar-refractivity contribution is -0.138. The predicted octanol–water partition coefficient (Wildman–Crippen LogP) is 5.34. The molecule has 0 bridgehead atoms. The quantitative estimate of drug-likeness (QED) is 0.406. The largest absolute Gasteiger partial charge is 0.477 e. The maximum atomic E-state index is 13.7. The number of unbranched alkanes of at least 4 members (excludes halogenated alkanes) is 1. The van der Waals surface area contributed by atoms with Crippen LogP contribution in [0.2, 0.25) is 0 Å². The molecule has 0 spiro atoms. The molecule has 2 heterocycles. The molecule has 2 aliphatic rings. The van der Waals surface area contributed by atoms with Crippen molar-refractivity contribution in [2.45, 2.75) is 84.3 Å². The van der Waals surface area contributed by atoms with Crippen LogP contribution in [0.3, 0.4) is 0 Å². The van der Waals surface area contributed by atoms with Gasteiger partial charge < -0.3 is 19.5 Å². The van der Waals surface area contributed by atoms with Crippen molar-refractivity contribution in [2.24, 2.45) is 11.3 Å². The minimum absolute atomic E-state index is 0.120. The van der Waals surface area contributed by atoms with Crippen molar-refractivity contribution in [2.75, 3.05) is 25.2 Å². The molecule has 1 aromatic heterocycles. The molecule has 2 fully saturated rings. The summed E-state index contributed by atoms with van der Waals surface area (Å²) in [5, 5.41) is 9.97. The summed E-state index contributed by atoms with van der Waals surface area (Å²) in [5.74, 6) is 5.50. The molecular weight excluding hydrogens is 438 g/mol. The zero-order valence-electron chi connectivity index (χ0n) is 20.3. The SMILES string of the molecule is COCCCCC1OC[C@@H](C2CCCCC2)N(c2cc(C#CC(C)(C)C)sc2C(=O)O)C1=O. The summed E-state index contributed by atoms with van der Waals surface area (Å²) in [6.07, 6.45) is 7.32. The number of anilines is 1. The van der Waals surface area contributed by atoms with E-state index in [2.05, 4.69) is 11.8 Å². The first-order chi connectivity index (χ1) is 15.7. The number of carboxylic acid groups (broad SMARTS) is 1. The Bertz CT molecular complexity index is 885. The Labute approximate surface area is 201 Å². The van der Waals surface area contributed by atoms with Crippen molar-refractivity contribution < 1.29 is 24.2 Å². The standard InChI is InChI=1S/C26H37NO5S/c1-26(2,3)14-13-19-16-20(23(33-19)25(29)30)27-21(18-10-6-5-7-11-18)17-32-22(24(27)28)12-8-9-15-31-4/h16,18,21-22H,5-12,15,17H2,1-4H3,(H,29,30)/t21-,22?/m0/s1. The van der Waals surface area contributed by atoms with E-state index in [0.717, 1.165) is 49.9 Å². The molecule has 1 unspecified atom stereocenters. The summed E-state index contributed by atoms with van der Waals surface area (Å²) in [6.45, 7) is 7.16. The third-order valence-corrected chi connectivity index (χ3v) is 7.33. The topological polar surface area (TPSA) is 76.1 Å². The number of hydrogen-bond acceptors (Lipinski definition) is 5. The average molecular weight is 476 g/mol. The molecule has 1 amide bonds. The number of rotatable bonds is 8. The third kappa shape index (κ3) is 6.81. The van der Waals surface area contributed by atoms with Gasteiger partial charge in [0, 0.05) is 19.1 Å². The lowest BCUT2D eigenvalue weighted by atomic mass is 9.82. The highest BCUT2D eigenvalue weighted by atomic mass is 32.1. The molecule has 1 saturated carbocycles. The van der Waals surface area contributed by atoms with Gasteiger partial charge in [-0.15, -0.1) is 11.3 Å². The van der Waals surface area contributed by atoms with Gasteiger partial charge in [0.15, 0.2) is 0 Å². The summed E-state index contributed by atoms with van der Waals surface area (Å²) in [7, 11) is 1.67. The fourth-order valence-electron chi connectivity index (χ4n) is 4.65. The Morgan fingerprint density at radius 2 is 2.00 bits per heavy atom. The Kier molecular flexibility index (Phi) is 8.97. The van der Waals surface area contributed by atoms with Crippen molar-refractivity contribution in [1.29, 1.82) is 0 Å². The van der Waals surface area contributed by atoms with Crippen molar-refractivity contribution in [3.05, 3.63) is 15.8 Å². The van der Waals surface area contributed by atoms with Crippen LogP contribution in [0.5, 0.6) is 0 Å². The number of thiophene rings is 1. The molecule has 1 saturated heterocycles. The number of carboxylic acids is 1. The van der Waals surface area contributed by atoms with E-state index >= 15 is 0 Å². The van der Waals surface area contributed by atoms with Gasteiger partial charge in [-0.1, -0.05) is 31.1 Å². The Hall–Kier alpha value is -1.88. The van der Waals surface area contributed by atoms with Crippen molar-refractivity contribution >= 4 is 28.9 Å². The molecule has 0 aromatic carbocycles. The molecule has 3 rings (SSSR count). The van der Waals surface area contributed by atoms with E-state index in [1.165, 1.54) is 6.42 Å². The van der Waals surface area contributed by atoms with Crippen LogP contribution in [0, 0.1) is 23.2 Å². The van der Waals surface area contributed by atoms with Crippen LogP contribution in [-0.4, -0.2) is 49.5 Å². The number of carbonyl (C=O) groups excluding carboxylic acids is 1. The number of methoxy groups -OCH3 is 1. The van der Waals surface area contributed by atoms with Gasteiger partial charge in [-0.25, -0.2) is 4.79 Å². The third-order valence-electron chi connectivity index (χ3n) is 6.30. The highest BCUT2D eigenvalue weighted by Crippen LogP contribution is 2.39. The van der Waals surface area contributed by atoms with Crippen LogP contribution in [0.25, 0.3) is 0 Å². The molecule has 1 aliphatic heterocycles. The zero-order chi connectivity index (χ0) is 24.0. The van der Waals surface area contributed by atoms with Crippen LogP contribution < -0.4 is 4.90 Å². The smallest absolute Gasteiger partial charge is 0.348 e. The first-order valence-corrected chi connectivity index (χ1v) is 12.9. The van der Waals surface area contributed by atoms with Crippen molar-refractivity contribution in [3.63, 3.8) is 0 Å². The van der Waals surface area contributed by atoms with Gasteiger partial charge in [0.1, 0.15) is 11.0 Å². The normalized spacial score (nSPS) is 22.2. The minimum atomic E-state index is -1.02. The van der Waals surface area contributed by atoms with E-state index in [4.69, 9.17) is 9.47 Å². The summed E-state index contributed by atoms with van der Waals surface area (Å²) in [4.78, 5) is 28.5. The highest BCUT2D eigenvalue weighted by Gasteiger charge is 2.42. The molecule has 2 atom stereocenters. The average Bonchev–Trinajstić information content (AvgIpc) is 3.20. The molecule has 1 aromatic rings. The molecule has 1 N–H and O–H groups in total. The number of aromatic carboxylic acids is 1. The van der Waals surface area contributed by atoms with E-state index < -0.39 is 12.1 Å². The number of amides is 1. The monoisotopic (exact) mass is 475 g/mol. The van der Waals surface area contributed by atoms with Gasteiger partial charge >= 0.3 is 5.97 Å². The molecule has 1 aliphatic carbocycles. The molecule has 6 nitrogen and oxygen atoms in total. The van der Waals surface area contributed by atoms with Crippen molar-refractivity contribution in [1.82, 2.24) is 0 Å². The summed E-state index contributed by atoms with van der Waals surface area (Å²) < 4.78 is 11.2. The van der Waals surface area contributed by atoms with Gasteiger partial charge in [-0.2, -0.15) is 0 Å². The Balaban J connectivity index is 1.95. The number of carbonyl (C=O) groups is 2. The lowest BCUT2D eigenvalue weighted by Crippen LogP contribution is -2.57. The van der Waals surface area contributed by atoms with Gasteiger partial charge in [0.05, 0.1) is 23.2 Å². The summed E-state index contributed by atoms with van der Waals surface area (Å²) >= 11 is 1.15. The highest BCUT2D eigenvalue weighted by molar-refractivity contribution is 7.15. The maximum Gasteiger partial charge on any atom is 0.348 e. The van der Waals surface area contributed by atoms with E-state index in [0.29, 0.717) is 36.1 Å². The fraction of sp³-hybridized carbons (Fsp3) is 0.692. The van der Waals surface area contributed by atoms with Crippen LogP contribution in [0.15, 0.2) is 6.07 Å². The predicted molar refractivity (Wildman–Crippen MR) is 131 cm³/mol. The molecular formula is C26H37NO5S. The number of ether oxygens (including phenoxy) is 2. The fourth-order valence-corrected chi connectivity index (χ4v) is 5.49. The second-order valence-corrected chi connectivity index (χ2v) is 11.2. The van der Waals surface area contributed by atoms with Crippen molar-refractivity contribution in [3.8, 4) is 11.8 Å². The number of hydrogen-bond donors (Lipinski definition) is 1. The van der Waals surface area contributed by atoms with Crippen LogP contribution >= 0.6 is 11.3 Å². The van der Waals surface area contributed by atoms with Gasteiger partial charge in [0.2, 0.25) is 0 Å². The van der Waals surface area contributed by atoms with Crippen LogP contribution in [-0.2, 0) is 14.3 Å². The number of nitrogens with zero attached hydrogens (tertiary/aromatic N) is 1. The first kappa shape index (κ1) is 25.7. The van der Waals surface area contributed by atoms with E-state index in [1.807, 2.05) is 20.8 Å². The summed E-state index contributed by atoms with van der Waals surface area (Å²) in [6, 6.07) is 1.66. The van der Waals surface area contributed by atoms with E-state index in [1.54, 1.807) is 18.1 Å². The molecule has 0 radical (unpaired) electrons. The number of morpholine rings is 1. The van der Waals surface area contributed by atoms with Gasteiger partial charge in [-0.3, -0.25) is 4.79 Å². The molecule has 33 heavy (non-hydrogen) atoms. The van der Waals surface area contributed by atoms with Crippen LogP contribution in [0.4, 0.5) is 5.69 Å². The van der Waals surface area contributed by atoms with Crippen LogP contribution in [0.1, 0.15) is 86.7 Å². The second-order valence-electron chi connectivity index (χ2n) is 10.1. The van der Waals surface area contributed by atoms with E-state index in [9.17, 15) is 14.7 Å².